The molecule has 0 radical (unpaired) electrons. The second kappa shape index (κ2) is 5.83. The molecule has 0 aliphatic heterocycles. The van der Waals surface area contributed by atoms with E-state index in [2.05, 4.69) is 29.2 Å². The van der Waals surface area contributed by atoms with Crippen molar-refractivity contribution in [1.82, 2.24) is 14.6 Å². The molecule has 1 aromatic carbocycles. The quantitative estimate of drug-likeness (QED) is 0.802. The molecule has 0 spiro atoms. The van der Waals surface area contributed by atoms with Crippen molar-refractivity contribution in [1.29, 1.82) is 0 Å². The van der Waals surface area contributed by atoms with E-state index in [1.807, 2.05) is 38.1 Å². The van der Waals surface area contributed by atoms with Crippen LogP contribution in [0.2, 0.25) is 0 Å². The van der Waals surface area contributed by atoms with Crippen LogP contribution in [0.4, 0.5) is 5.69 Å². The van der Waals surface area contributed by atoms with Crippen molar-refractivity contribution in [3.8, 4) is 0 Å². The lowest BCUT2D eigenvalue weighted by Gasteiger charge is -2.12. The number of nitrogens with zero attached hydrogens (tertiary/aromatic N) is 3. The van der Waals surface area contributed by atoms with Crippen molar-refractivity contribution in [2.75, 3.05) is 5.32 Å². The molecule has 0 aliphatic carbocycles. The number of benzene rings is 1. The fourth-order valence-corrected chi connectivity index (χ4v) is 2.60. The summed E-state index contributed by atoms with van der Waals surface area (Å²) in [6.07, 6.45) is 1.69. The molecule has 0 bridgehead atoms. The largest absolute Gasteiger partial charge is 0.320 e. The highest BCUT2D eigenvalue weighted by molar-refractivity contribution is 6.03. The van der Waals surface area contributed by atoms with Gasteiger partial charge in [-0.05, 0) is 37.5 Å². The van der Waals surface area contributed by atoms with Gasteiger partial charge in [0.15, 0.2) is 5.65 Å². The maximum Gasteiger partial charge on any atom is 0.274 e. The van der Waals surface area contributed by atoms with Gasteiger partial charge in [0, 0.05) is 17.4 Å². The van der Waals surface area contributed by atoms with Crippen LogP contribution >= 0.6 is 0 Å². The Labute approximate surface area is 135 Å². The lowest BCUT2D eigenvalue weighted by Crippen LogP contribution is -2.16. The van der Waals surface area contributed by atoms with Crippen molar-refractivity contribution in [2.24, 2.45) is 0 Å². The monoisotopic (exact) mass is 308 g/mol. The number of carbonyl (C=O) groups excluding carboxylic acids is 1. The Bertz CT molecular complexity index is 880. The number of carbonyl (C=O) groups is 1. The van der Waals surface area contributed by atoms with E-state index < -0.39 is 0 Å². The average Bonchev–Trinajstić information content (AvgIpc) is 2.97. The number of aryl methyl sites for hydroxylation is 2. The van der Waals surface area contributed by atoms with Crippen LogP contribution in [0.15, 0.2) is 36.5 Å². The zero-order valence-corrected chi connectivity index (χ0v) is 13.8. The lowest BCUT2D eigenvalue weighted by atomic mass is 10.1. The maximum atomic E-state index is 12.6. The molecule has 2 aromatic heterocycles. The minimum absolute atomic E-state index is 0.206. The maximum absolute atomic E-state index is 12.6. The van der Waals surface area contributed by atoms with Crippen LogP contribution in [0.3, 0.4) is 0 Å². The van der Waals surface area contributed by atoms with Crippen LogP contribution in [0, 0.1) is 13.8 Å². The first kappa shape index (κ1) is 15.2. The van der Waals surface area contributed by atoms with Gasteiger partial charge in [0.2, 0.25) is 0 Å². The highest BCUT2D eigenvalue weighted by Gasteiger charge is 2.15. The number of rotatable bonds is 3. The third kappa shape index (κ3) is 2.95. The first-order chi connectivity index (χ1) is 11.0. The van der Waals surface area contributed by atoms with Gasteiger partial charge in [-0.25, -0.2) is 9.50 Å². The summed E-state index contributed by atoms with van der Waals surface area (Å²) in [6.45, 7) is 8.16. The smallest absolute Gasteiger partial charge is 0.274 e. The molecule has 2 heterocycles. The van der Waals surface area contributed by atoms with E-state index in [0.717, 1.165) is 16.9 Å². The number of anilines is 1. The van der Waals surface area contributed by atoms with Gasteiger partial charge in [-0.15, -0.1) is 0 Å². The summed E-state index contributed by atoms with van der Waals surface area (Å²) in [5, 5.41) is 7.22. The molecule has 5 heteroatoms. The summed E-state index contributed by atoms with van der Waals surface area (Å²) < 4.78 is 1.78. The third-order valence-corrected chi connectivity index (χ3v) is 3.84. The number of hydrogen-bond donors (Lipinski definition) is 1. The number of nitrogens with one attached hydrogen (secondary N) is 1. The van der Waals surface area contributed by atoms with Crippen LogP contribution < -0.4 is 5.32 Å². The highest BCUT2D eigenvalue weighted by atomic mass is 16.1. The number of fused-ring (bicyclic) bond motifs is 1. The van der Waals surface area contributed by atoms with Gasteiger partial charge >= 0.3 is 0 Å². The molecule has 0 unspecified atom stereocenters. The molecule has 1 N–H and O–H groups in total. The molecule has 0 saturated heterocycles. The first-order valence-electron chi connectivity index (χ1n) is 7.69. The molecule has 118 valence electrons. The Balaban J connectivity index is 1.97. The van der Waals surface area contributed by atoms with E-state index in [-0.39, 0.29) is 11.8 Å². The molecule has 0 aliphatic rings. The standard InChI is InChI=1S/C18H20N4O/c1-11(2)16-10-15(20-17-7-8-19-22(16)17)18(23)21-14-6-5-12(3)9-13(14)4/h5-11H,1-4H3,(H,21,23). The molecule has 3 aromatic rings. The van der Waals surface area contributed by atoms with Crippen molar-refractivity contribution >= 4 is 17.2 Å². The van der Waals surface area contributed by atoms with Gasteiger partial charge in [-0.3, -0.25) is 4.79 Å². The Hall–Kier alpha value is -2.69. The van der Waals surface area contributed by atoms with E-state index in [9.17, 15) is 4.79 Å². The zero-order valence-electron chi connectivity index (χ0n) is 13.8. The van der Waals surface area contributed by atoms with Crippen molar-refractivity contribution in [2.45, 2.75) is 33.6 Å². The normalized spacial score (nSPS) is 11.2. The van der Waals surface area contributed by atoms with E-state index in [0.29, 0.717) is 11.3 Å². The number of aromatic nitrogens is 3. The SMILES string of the molecule is Cc1ccc(NC(=O)c2cc(C(C)C)n3nccc3n2)c(C)c1. The molecule has 23 heavy (non-hydrogen) atoms. The predicted octanol–water partition coefficient (Wildman–Crippen LogP) is 3.72. The minimum Gasteiger partial charge on any atom is -0.320 e. The van der Waals surface area contributed by atoms with Crippen molar-refractivity contribution in [3.63, 3.8) is 0 Å². The summed E-state index contributed by atoms with van der Waals surface area (Å²) in [6, 6.07) is 9.56. The van der Waals surface area contributed by atoms with Gasteiger partial charge in [-0.1, -0.05) is 31.5 Å². The fourth-order valence-electron chi connectivity index (χ4n) is 2.60. The summed E-state index contributed by atoms with van der Waals surface area (Å²) in [7, 11) is 0. The van der Waals surface area contributed by atoms with Crippen LogP contribution in [-0.4, -0.2) is 20.5 Å². The summed E-state index contributed by atoms with van der Waals surface area (Å²) >= 11 is 0. The van der Waals surface area contributed by atoms with Crippen LogP contribution in [0.1, 0.15) is 47.1 Å². The summed E-state index contributed by atoms with van der Waals surface area (Å²) in [5.74, 6) is 0.0376. The number of hydrogen-bond acceptors (Lipinski definition) is 3. The van der Waals surface area contributed by atoms with Crippen molar-refractivity contribution in [3.05, 3.63) is 59.0 Å². The van der Waals surface area contributed by atoms with E-state index in [1.165, 1.54) is 5.56 Å². The van der Waals surface area contributed by atoms with E-state index >= 15 is 0 Å². The minimum atomic E-state index is -0.206. The molecule has 5 nitrogen and oxygen atoms in total. The van der Waals surface area contributed by atoms with Crippen LogP contribution in [0.5, 0.6) is 0 Å². The lowest BCUT2D eigenvalue weighted by molar-refractivity contribution is 0.102. The number of amides is 1. The topological polar surface area (TPSA) is 59.3 Å². The molecule has 0 saturated carbocycles. The summed E-state index contributed by atoms with van der Waals surface area (Å²) in [4.78, 5) is 17.0. The Morgan fingerprint density at radius 1 is 1.17 bits per heavy atom. The second-order valence-electron chi connectivity index (χ2n) is 6.09. The predicted molar refractivity (Wildman–Crippen MR) is 90.9 cm³/mol. The van der Waals surface area contributed by atoms with Crippen LogP contribution in [-0.2, 0) is 0 Å². The Morgan fingerprint density at radius 3 is 2.65 bits per heavy atom. The molecule has 1 amide bonds. The average molecular weight is 308 g/mol. The molecule has 0 atom stereocenters. The third-order valence-electron chi connectivity index (χ3n) is 3.84. The fraction of sp³-hybridized carbons (Fsp3) is 0.278. The molecule has 0 fully saturated rings. The Kier molecular flexibility index (Phi) is 3.86. The first-order valence-corrected chi connectivity index (χ1v) is 7.69. The van der Waals surface area contributed by atoms with Gasteiger partial charge in [0.05, 0.1) is 6.20 Å². The molecule has 3 rings (SSSR count). The summed E-state index contributed by atoms with van der Waals surface area (Å²) in [5.41, 5.74) is 5.06. The van der Waals surface area contributed by atoms with E-state index in [4.69, 9.17) is 0 Å². The van der Waals surface area contributed by atoms with Gasteiger partial charge in [-0.2, -0.15) is 5.10 Å². The van der Waals surface area contributed by atoms with Gasteiger partial charge in [0.1, 0.15) is 5.69 Å². The highest BCUT2D eigenvalue weighted by Crippen LogP contribution is 2.19. The van der Waals surface area contributed by atoms with E-state index in [1.54, 1.807) is 16.8 Å². The zero-order chi connectivity index (χ0) is 16.6. The van der Waals surface area contributed by atoms with Gasteiger partial charge < -0.3 is 5.32 Å². The van der Waals surface area contributed by atoms with Crippen LogP contribution in [0.25, 0.3) is 5.65 Å². The van der Waals surface area contributed by atoms with Gasteiger partial charge in [0.25, 0.3) is 5.91 Å². The van der Waals surface area contributed by atoms with Crippen molar-refractivity contribution < 1.29 is 4.79 Å². The molecular formula is C18H20N4O. The second-order valence-corrected chi connectivity index (χ2v) is 6.09. The molecular weight excluding hydrogens is 288 g/mol. The Morgan fingerprint density at radius 2 is 1.96 bits per heavy atom.